The molecule has 0 aliphatic rings. The molecule has 1 atom stereocenters. The third-order valence-electron chi connectivity index (χ3n) is 2.03. The monoisotopic (exact) mass is 244 g/mol. The second kappa shape index (κ2) is 5.85. The maximum absolute atomic E-state index is 13.0. The quantitative estimate of drug-likeness (QED) is 0.586. The minimum absolute atomic E-state index is 0.205. The molecule has 0 saturated heterocycles. The highest BCUT2D eigenvalue weighted by molar-refractivity contribution is 6.33. The summed E-state index contributed by atoms with van der Waals surface area (Å²) in [6.45, 7) is 4.00. The minimum atomic E-state index is -0.689. The van der Waals surface area contributed by atoms with E-state index in [0.29, 0.717) is 12.4 Å². The molecule has 2 nitrogen and oxygen atoms in total. The lowest BCUT2D eigenvalue weighted by Crippen LogP contribution is -2.13. The van der Waals surface area contributed by atoms with Crippen LogP contribution in [0.25, 0.3) is 0 Å². The molecule has 0 spiro atoms. The summed E-state index contributed by atoms with van der Waals surface area (Å²) in [5.41, 5.74) is 0.205. The maximum Gasteiger partial charge on any atom is 0.184 e. The average Bonchev–Trinajstić information content (AvgIpc) is 2.26. The van der Waals surface area contributed by atoms with Gasteiger partial charge in [-0.25, -0.2) is 4.39 Å². The summed E-state index contributed by atoms with van der Waals surface area (Å²) < 4.78 is 18.4. The van der Waals surface area contributed by atoms with Gasteiger partial charge in [-0.3, -0.25) is 4.79 Å². The Hall–Kier alpha value is -1.09. The fourth-order valence-corrected chi connectivity index (χ4v) is 1.36. The second-order valence-electron chi connectivity index (χ2n) is 3.47. The van der Waals surface area contributed by atoms with Crippen LogP contribution in [0.1, 0.15) is 30.6 Å². The summed E-state index contributed by atoms with van der Waals surface area (Å²) >= 11 is 5.69. The zero-order chi connectivity index (χ0) is 12.1. The lowest BCUT2D eigenvalue weighted by atomic mass is 10.1. The first-order valence-electron chi connectivity index (χ1n) is 5.17. The fourth-order valence-electron chi connectivity index (χ4n) is 1.25. The van der Waals surface area contributed by atoms with E-state index in [0.717, 1.165) is 12.5 Å². The Labute approximate surface area is 99.4 Å². The van der Waals surface area contributed by atoms with Crippen LogP contribution in [0.4, 0.5) is 4.39 Å². The smallest absolute Gasteiger partial charge is 0.184 e. The zero-order valence-electron chi connectivity index (χ0n) is 9.30. The van der Waals surface area contributed by atoms with Crippen LogP contribution in [0.2, 0.25) is 0 Å². The lowest BCUT2D eigenvalue weighted by molar-refractivity contribution is 0.0987. The van der Waals surface area contributed by atoms with Crippen LogP contribution in [-0.4, -0.2) is 17.8 Å². The van der Waals surface area contributed by atoms with Gasteiger partial charge in [-0.1, -0.05) is 6.92 Å². The Kier molecular flexibility index (Phi) is 4.74. The largest absolute Gasteiger partial charge is 0.493 e. The van der Waals surface area contributed by atoms with Gasteiger partial charge in [-0.05, 0) is 31.5 Å². The van der Waals surface area contributed by atoms with E-state index >= 15 is 0 Å². The van der Waals surface area contributed by atoms with Crippen LogP contribution in [0.3, 0.4) is 0 Å². The van der Waals surface area contributed by atoms with Gasteiger partial charge in [0.25, 0.3) is 0 Å². The number of carbonyl (C=O) groups excluding carboxylic acids is 1. The molecule has 88 valence electrons. The molecule has 16 heavy (non-hydrogen) atoms. The van der Waals surface area contributed by atoms with E-state index in [-0.39, 0.29) is 11.3 Å². The Balaban J connectivity index is 3.03. The molecule has 0 N–H and O–H groups in total. The van der Waals surface area contributed by atoms with Gasteiger partial charge in [-0.15, -0.1) is 11.6 Å². The SMILES string of the molecule is CCCOc1ccc(F)cc1C(=O)C(C)Cl. The number of rotatable bonds is 5. The highest BCUT2D eigenvalue weighted by Gasteiger charge is 2.18. The first-order chi connectivity index (χ1) is 7.56. The van der Waals surface area contributed by atoms with E-state index in [1.54, 1.807) is 6.92 Å². The van der Waals surface area contributed by atoms with Crippen molar-refractivity contribution >= 4 is 17.4 Å². The highest BCUT2D eigenvalue weighted by atomic mass is 35.5. The van der Waals surface area contributed by atoms with Crippen LogP contribution in [0, 0.1) is 5.82 Å². The summed E-state index contributed by atoms with van der Waals surface area (Å²) in [6.07, 6.45) is 0.821. The van der Waals surface area contributed by atoms with Gasteiger partial charge >= 0.3 is 0 Å². The molecule has 1 aromatic carbocycles. The molecule has 0 aromatic heterocycles. The zero-order valence-corrected chi connectivity index (χ0v) is 10.1. The Morgan fingerprint density at radius 1 is 1.56 bits per heavy atom. The molecule has 0 aliphatic carbocycles. The number of carbonyl (C=O) groups is 1. The van der Waals surface area contributed by atoms with Crippen LogP contribution in [0.15, 0.2) is 18.2 Å². The Bertz CT molecular complexity index is 377. The number of benzene rings is 1. The van der Waals surface area contributed by atoms with E-state index in [1.165, 1.54) is 12.1 Å². The van der Waals surface area contributed by atoms with E-state index in [2.05, 4.69) is 0 Å². The summed E-state index contributed by atoms with van der Waals surface area (Å²) in [6, 6.07) is 3.88. The van der Waals surface area contributed by atoms with Crippen molar-refractivity contribution in [3.05, 3.63) is 29.6 Å². The number of ketones is 1. The van der Waals surface area contributed by atoms with Crippen LogP contribution >= 0.6 is 11.6 Å². The molecular weight excluding hydrogens is 231 g/mol. The van der Waals surface area contributed by atoms with Crippen molar-refractivity contribution in [2.75, 3.05) is 6.61 Å². The van der Waals surface area contributed by atoms with Crippen molar-refractivity contribution in [1.29, 1.82) is 0 Å². The molecule has 0 aliphatic heterocycles. The molecule has 0 saturated carbocycles. The number of hydrogen-bond acceptors (Lipinski definition) is 2. The van der Waals surface area contributed by atoms with Gasteiger partial charge < -0.3 is 4.74 Å². The average molecular weight is 245 g/mol. The number of halogens is 2. The van der Waals surface area contributed by atoms with E-state index in [4.69, 9.17) is 16.3 Å². The fraction of sp³-hybridized carbons (Fsp3) is 0.417. The van der Waals surface area contributed by atoms with Gasteiger partial charge in [0, 0.05) is 0 Å². The minimum Gasteiger partial charge on any atom is -0.493 e. The maximum atomic E-state index is 13.0. The summed E-state index contributed by atoms with van der Waals surface area (Å²) in [5, 5.41) is -0.689. The van der Waals surface area contributed by atoms with Crippen molar-refractivity contribution < 1.29 is 13.9 Å². The summed E-state index contributed by atoms with van der Waals surface area (Å²) in [7, 11) is 0. The van der Waals surface area contributed by atoms with Crippen LogP contribution in [-0.2, 0) is 0 Å². The number of hydrogen-bond donors (Lipinski definition) is 0. The van der Waals surface area contributed by atoms with Gasteiger partial charge in [0.1, 0.15) is 11.6 Å². The highest BCUT2D eigenvalue weighted by Crippen LogP contribution is 2.22. The van der Waals surface area contributed by atoms with Crippen molar-refractivity contribution in [3.63, 3.8) is 0 Å². The van der Waals surface area contributed by atoms with Crippen LogP contribution < -0.4 is 4.74 Å². The Morgan fingerprint density at radius 3 is 2.81 bits per heavy atom. The van der Waals surface area contributed by atoms with Gasteiger partial charge in [0.05, 0.1) is 17.5 Å². The third kappa shape index (κ3) is 3.20. The van der Waals surface area contributed by atoms with Gasteiger partial charge in [0.2, 0.25) is 0 Å². The first kappa shape index (κ1) is 13.0. The molecule has 0 bridgehead atoms. The molecule has 0 fully saturated rings. The van der Waals surface area contributed by atoms with Gasteiger partial charge in [-0.2, -0.15) is 0 Å². The summed E-state index contributed by atoms with van der Waals surface area (Å²) in [4.78, 5) is 11.7. The van der Waals surface area contributed by atoms with Crippen molar-refractivity contribution in [3.8, 4) is 5.75 Å². The molecule has 4 heteroatoms. The first-order valence-corrected chi connectivity index (χ1v) is 5.60. The molecule has 1 unspecified atom stereocenters. The molecule has 0 amide bonds. The van der Waals surface area contributed by atoms with E-state index in [9.17, 15) is 9.18 Å². The second-order valence-corrected chi connectivity index (χ2v) is 4.12. The molecular formula is C12H14ClFO2. The number of ether oxygens (including phenoxy) is 1. The molecule has 0 radical (unpaired) electrons. The standard InChI is InChI=1S/C12H14ClFO2/c1-3-6-16-11-5-4-9(14)7-10(11)12(15)8(2)13/h4-5,7-8H,3,6H2,1-2H3. The molecule has 1 rings (SSSR count). The molecule has 0 heterocycles. The summed E-state index contributed by atoms with van der Waals surface area (Å²) in [5.74, 6) is -0.405. The third-order valence-corrected chi connectivity index (χ3v) is 2.23. The van der Waals surface area contributed by atoms with Crippen molar-refractivity contribution in [2.24, 2.45) is 0 Å². The van der Waals surface area contributed by atoms with Crippen LogP contribution in [0.5, 0.6) is 5.75 Å². The number of Topliss-reactive ketones (excluding diaryl/α,β-unsaturated/α-hetero) is 1. The predicted molar refractivity (Wildman–Crippen MR) is 61.8 cm³/mol. The topological polar surface area (TPSA) is 26.3 Å². The lowest BCUT2D eigenvalue weighted by Gasteiger charge is -2.11. The number of alkyl halides is 1. The van der Waals surface area contributed by atoms with Gasteiger partial charge in [0.15, 0.2) is 5.78 Å². The van der Waals surface area contributed by atoms with E-state index in [1.807, 2.05) is 6.92 Å². The normalized spacial score (nSPS) is 12.2. The van der Waals surface area contributed by atoms with Crippen molar-refractivity contribution in [2.45, 2.75) is 25.6 Å². The predicted octanol–water partition coefficient (Wildman–Crippen LogP) is 3.42. The van der Waals surface area contributed by atoms with Crippen molar-refractivity contribution in [1.82, 2.24) is 0 Å². The Morgan fingerprint density at radius 2 is 2.25 bits per heavy atom. The molecule has 1 aromatic rings. The van der Waals surface area contributed by atoms with E-state index < -0.39 is 11.2 Å².